The van der Waals surface area contributed by atoms with Gasteiger partial charge in [-0.15, -0.1) is 0 Å². The highest BCUT2D eigenvalue weighted by Crippen LogP contribution is 2.41. The Hall–Kier alpha value is -1.09. The Morgan fingerprint density at radius 3 is 2.79 bits per heavy atom. The van der Waals surface area contributed by atoms with E-state index in [-0.39, 0.29) is 17.4 Å². The van der Waals surface area contributed by atoms with Crippen LogP contribution in [0.15, 0.2) is 17.6 Å². The third kappa shape index (κ3) is 4.56. The molecule has 1 aromatic heterocycles. The summed E-state index contributed by atoms with van der Waals surface area (Å²) in [6.45, 7) is 5.11. The van der Waals surface area contributed by atoms with Gasteiger partial charge in [-0.05, 0) is 37.5 Å². The maximum Gasteiger partial charge on any atom is 0.233 e. The number of aryl methyl sites for hydroxylation is 1. The zero-order chi connectivity index (χ0) is 19.6. The minimum absolute atomic E-state index is 0.152. The molecular formula is C20H32N4O3S. The Morgan fingerprint density at radius 1 is 1.36 bits per heavy atom. The van der Waals surface area contributed by atoms with Gasteiger partial charge >= 0.3 is 0 Å². The molecule has 1 aromatic rings. The Labute approximate surface area is 171 Å². The number of hydrogen-bond acceptors (Lipinski definition) is 6. The normalized spacial score (nSPS) is 26.6. The zero-order valence-electron chi connectivity index (χ0n) is 16.8. The van der Waals surface area contributed by atoms with Crippen LogP contribution in [0.3, 0.4) is 0 Å². The number of imidazole rings is 1. The van der Waals surface area contributed by atoms with Gasteiger partial charge in [-0.25, -0.2) is 4.98 Å². The number of β-amino-alcohol motifs (C(OH)–C–C–N with tert-alkyl or cyclic N) is 1. The predicted octanol–water partition coefficient (Wildman–Crippen LogP) is 1.37. The second kappa shape index (κ2) is 8.73. The van der Waals surface area contributed by atoms with Crippen LogP contribution in [0.1, 0.15) is 32.1 Å². The summed E-state index contributed by atoms with van der Waals surface area (Å²) < 4.78 is 7.45. The number of aliphatic hydroxyl groups is 1. The van der Waals surface area contributed by atoms with E-state index in [0.29, 0.717) is 11.8 Å². The van der Waals surface area contributed by atoms with Crippen molar-refractivity contribution < 1.29 is 14.6 Å². The van der Waals surface area contributed by atoms with Gasteiger partial charge in [0.05, 0.1) is 11.9 Å². The molecule has 0 aliphatic carbocycles. The van der Waals surface area contributed by atoms with Gasteiger partial charge in [0.15, 0.2) is 5.16 Å². The summed E-state index contributed by atoms with van der Waals surface area (Å²) in [7, 11) is 1.95. The number of likely N-dealkylation sites (tertiary alicyclic amines) is 2. The molecule has 0 aromatic carbocycles. The summed E-state index contributed by atoms with van der Waals surface area (Å²) >= 11 is 1.50. The maximum atomic E-state index is 12.6. The van der Waals surface area contributed by atoms with Gasteiger partial charge in [0.1, 0.15) is 0 Å². The van der Waals surface area contributed by atoms with E-state index < -0.39 is 0 Å². The van der Waals surface area contributed by atoms with Crippen molar-refractivity contribution in [3.63, 3.8) is 0 Å². The number of ether oxygens (including phenoxy) is 1. The summed E-state index contributed by atoms with van der Waals surface area (Å²) in [5.74, 6) is 0.634. The van der Waals surface area contributed by atoms with Crippen molar-refractivity contribution in [3.05, 3.63) is 12.4 Å². The predicted molar refractivity (Wildman–Crippen MR) is 108 cm³/mol. The smallest absolute Gasteiger partial charge is 0.233 e. The van der Waals surface area contributed by atoms with Gasteiger partial charge < -0.3 is 19.3 Å². The van der Waals surface area contributed by atoms with E-state index in [1.807, 2.05) is 22.7 Å². The molecule has 4 heterocycles. The first kappa shape index (κ1) is 20.2. The largest absolute Gasteiger partial charge is 0.392 e. The summed E-state index contributed by atoms with van der Waals surface area (Å²) in [5, 5.41) is 11.4. The van der Waals surface area contributed by atoms with E-state index in [2.05, 4.69) is 9.88 Å². The standard InChI is InChI=1S/C20H32N4O3S/c1-22-9-6-21-19(22)28-14-18(26)23-7-4-20(5-8-23)12-17(25)13-24(15-20)16-2-10-27-11-3-16/h6,9,16-17,25H,2-5,7-8,10-15H2,1H3. The second-order valence-corrected chi connectivity index (χ2v) is 9.56. The molecule has 0 bridgehead atoms. The number of thioether (sulfide) groups is 1. The van der Waals surface area contributed by atoms with Crippen molar-refractivity contribution in [1.82, 2.24) is 19.4 Å². The van der Waals surface area contributed by atoms with Crippen LogP contribution in [0.25, 0.3) is 0 Å². The van der Waals surface area contributed by atoms with Gasteiger partial charge in [0.25, 0.3) is 0 Å². The molecule has 3 saturated heterocycles. The van der Waals surface area contributed by atoms with Crippen LogP contribution in [-0.4, -0.2) is 87.7 Å². The average Bonchev–Trinajstić information content (AvgIpc) is 3.11. The molecule has 1 spiro atoms. The van der Waals surface area contributed by atoms with Gasteiger partial charge in [0, 0.05) is 64.9 Å². The molecule has 1 atom stereocenters. The summed E-state index contributed by atoms with van der Waals surface area (Å²) in [5.41, 5.74) is 0.152. The zero-order valence-corrected chi connectivity index (χ0v) is 17.6. The van der Waals surface area contributed by atoms with Crippen LogP contribution in [0, 0.1) is 5.41 Å². The maximum absolute atomic E-state index is 12.6. The third-order valence-electron chi connectivity index (χ3n) is 6.64. The van der Waals surface area contributed by atoms with Crippen molar-refractivity contribution in [2.45, 2.75) is 49.4 Å². The number of nitrogens with zero attached hydrogens (tertiary/aromatic N) is 4. The molecule has 7 nitrogen and oxygen atoms in total. The van der Waals surface area contributed by atoms with Gasteiger partial charge in [0.2, 0.25) is 5.91 Å². The highest BCUT2D eigenvalue weighted by atomic mass is 32.2. The first-order valence-electron chi connectivity index (χ1n) is 10.4. The lowest BCUT2D eigenvalue weighted by Gasteiger charge is -2.51. The lowest BCUT2D eigenvalue weighted by Crippen LogP contribution is -2.57. The third-order valence-corrected chi connectivity index (χ3v) is 7.68. The molecule has 28 heavy (non-hydrogen) atoms. The number of hydrogen-bond donors (Lipinski definition) is 1. The molecule has 156 valence electrons. The quantitative estimate of drug-likeness (QED) is 0.759. The first-order chi connectivity index (χ1) is 13.5. The fourth-order valence-corrected chi connectivity index (χ4v) is 5.86. The van der Waals surface area contributed by atoms with Crippen LogP contribution < -0.4 is 0 Å². The Balaban J connectivity index is 1.30. The summed E-state index contributed by atoms with van der Waals surface area (Å²) in [4.78, 5) is 21.4. The van der Waals surface area contributed by atoms with Crippen LogP contribution in [0.4, 0.5) is 0 Å². The molecule has 0 saturated carbocycles. The van der Waals surface area contributed by atoms with Crippen molar-refractivity contribution in [2.75, 3.05) is 45.1 Å². The van der Waals surface area contributed by atoms with Crippen molar-refractivity contribution in [1.29, 1.82) is 0 Å². The molecule has 1 amide bonds. The fourth-order valence-electron chi connectivity index (χ4n) is 5.02. The number of carbonyl (C=O) groups is 1. The van der Waals surface area contributed by atoms with E-state index in [1.165, 1.54) is 11.8 Å². The molecule has 1 unspecified atom stereocenters. The fraction of sp³-hybridized carbons (Fsp3) is 0.800. The molecule has 0 radical (unpaired) electrons. The Morgan fingerprint density at radius 2 is 2.11 bits per heavy atom. The highest BCUT2D eigenvalue weighted by molar-refractivity contribution is 7.99. The van der Waals surface area contributed by atoms with E-state index in [1.54, 1.807) is 6.20 Å². The number of amides is 1. The van der Waals surface area contributed by atoms with E-state index >= 15 is 0 Å². The van der Waals surface area contributed by atoms with Gasteiger partial charge in [-0.2, -0.15) is 0 Å². The number of piperidine rings is 2. The van der Waals surface area contributed by atoms with E-state index in [0.717, 1.165) is 76.7 Å². The molecule has 3 aliphatic rings. The van der Waals surface area contributed by atoms with Crippen LogP contribution in [0.5, 0.6) is 0 Å². The minimum atomic E-state index is -0.252. The second-order valence-electron chi connectivity index (χ2n) is 8.62. The van der Waals surface area contributed by atoms with Gasteiger partial charge in [-0.3, -0.25) is 9.69 Å². The molecule has 8 heteroatoms. The van der Waals surface area contributed by atoms with Crippen molar-refractivity contribution >= 4 is 17.7 Å². The number of carbonyl (C=O) groups excluding carboxylic acids is 1. The average molecular weight is 409 g/mol. The summed E-state index contributed by atoms with van der Waals surface area (Å²) in [6, 6.07) is 0.537. The SMILES string of the molecule is Cn1ccnc1SCC(=O)N1CCC2(CC1)CC(O)CN(C1CCOCC1)C2. The molecule has 1 N–H and O–H groups in total. The Bertz CT molecular complexity index is 668. The van der Waals surface area contributed by atoms with Crippen molar-refractivity contribution in [2.24, 2.45) is 12.5 Å². The first-order valence-corrected chi connectivity index (χ1v) is 11.4. The van der Waals surface area contributed by atoms with Crippen LogP contribution >= 0.6 is 11.8 Å². The number of aromatic nitrogens is 2. The topological polar surface area (TPSA) is 70.8 Å². The van der Waals surface area contributed by atoms with Crippen LogP contribution in [0.2, 0.25) is 0 Å². The van der Waals surface area contributed by atoms with Gasteiger partial charge in [-0.1, -0.05) is 11.8 Å². The number of rotatable bonds is 4. The summed E-state index contributed by atoms with van der Waals surface area (Å²) in [6.07, 6.45) is 8.39. The molecular weight excluding hydrogens is 376 g/mol. The molecule has 3 fully saturated rings. The molecule has 3 aliphatic heterocycles. The number of aliphatic hydroxyl groups excluding tert-OH is 1. The monoisotopic (exact) mass is 408 g/mol. The molecule has 4 rings (SSSR count). The Kier molecular flexibility index (Phi) is 6.30. The van der Waals surface area contributed by atoms with E-state index in [9.17, 15) is 9.90 Å². The van der Waals surface area contributed by atoms with E-state index in [4.69, 9.17) is 4.74 Å². The van der Waals surface area contributed by atoms with Crippen molar-refractivity contribution in [3.8, 4) is 0 Å². The highest BCUT2D eigenvalue weighted by Gasteiger charge is 2.43. The minimum Gasteiger partial charge on any atom is -0.392 e. The van der Waals surface area contributed by atoms with Crippen LogP contribution in [-0.2, 0) is 16.6 Å². The lowest BCUT2D eigenvalue weighted by atomic mass is 9.71. The lowest BCUT2D eigenvalue weighted by molar-refractivity contribution is -0.133.